The third-order valence-corrected chi connectivity index (χ3v) is 6.39. The van der Waals surface area contributed by atoms with E-state index in [1.807, 2.05) is 18.4 Å². The summed E-state index contributed by atoms with van der Waals surface area (Å²) in [4.78, 5) is 31.1. The molecule has 0 radical (unpaired) electrons. The third-order valence-electron chi connectivity index (χ3n) is 6.39. The lowest BCUT2D eigenvalue weighted by Crippen LogP contribution is -2.42. The monoisotopic (exact) mass is 507 g/mol. The average molecular weight is 508 g/mol. The number of aliphatic hydroxyl groups excluding tert-OH is 1. The molecule has 3 aromatic heterocycles. The number of aliphatic hydroxyl groups is 1. The number of nitrogens with zero attached hydrogens (tertiary/aromatic N) is 6. The van der Waals surface area contributed by atoms with E-state index in [2.05, 4.69) is 25.3 Å². The van der Waals surface area contributed by atoms with Crippen LogP contribution in [-0.2, 0) is 0 Å². The van der Waals surface area contributed by atoms with Gasteiger partial charge in [-0.2, -0.15) is 0 Å². The highest BCUT2D eigenvalue weighted by molar-refractivity contribution is 5.94. The number of fused-ring (bicyclic) bond motifs is 1. The maximum atomic E-state index is 14.9. The number of carbonyl (C=O) groups excluding carboxylic acids is 1. The van der Waals surface area contributed by atoms with Gasteiger partial charge in [0.2, 0.25) is 5.95 Å². The maximum absolute atomic E-state index is 14.9. The van der Waals surface area contributed by atoms with Crippen molar-refractivity contribution in [1.29, 1.82) is 0 Å². The molecule has 0 saturated carbocycles. The van der Waals surface area contributed by atoms with E-state index >= 15 is 0 Å². The smallest absolute Gasteiger partial charge is 0.255 e. The Kier molecular flexibility index (Phi) is 6.55. The van der Waals surface area contributed by atoms with Gasteiger partial charge in [-0.05, 0) is 57.9 Å². The summed E-state index contributed by atoms with van der Waals surface area (Å²) in [6.07, 6.45) is 3.36. The molecule has 1 aromatic carbocycles. The molecule has 1 fully saturated rings. The second-order valence-electron chi connectivity index (χ2n) is 9.44. The first-order valence-electron chi connectivity index (χ1n) is 12.1. The van der Waals surface area contributed by atoms with Crippen LogP contribution in [0.3, 0.4) is 0 Å². The number of imidazole rings is 1. The Morgan fingerprint density at radius 2 is 1.95 bits per heavy atom. The largest absolute Gasteiger partial charge is 0.391 e. The second-order valence-corrected chi connectivity index (χ2v) is 9.44. The number of pyridine rings is 1. The van der Waals surface area contributed by atoms with Crippen LogP contribution in [0.15, 0.2) is 36.7 Å². The number of carbonyl (C=O) groups is 1. The molecule has 192 valence electrons. The number of piperidine rings is 1. The number of hydrogen-bond acceptors (Lipinski definition) is 7. The molecule has 1 amide bonds. The first-order chi connectivity index (χ1) is 17.7. The molecule has 0 unspecified atom stereocenters. The van der Waals surface area contributed by atoms with Gasteiger partial charge in [0.05, 0.1) is 23.4 Å². The molecule has 1 aliphatic heterocycles. The Balaban J connectivity index is 1.40. The highest BCUT2D eigenvalue weighted by Gasteiger charge is 2.23. The second kappa shape index (κ2) is 9.81. The molecule has 37 heavy (non-hydrogen) atoms. The Labute approximate surface area is 212 Å². The van der Waals surface area contributed by atoms with Crippen molar-refractivity contribution in [3.8, 4) is 11.3 Å². The van der Waals surface area contributed by atoms with Crippen molar-refractivity contribution in [3.05, 3.63) is 59.7 Å². The minimum absolute atomic E-state index is 0.0352. The molecule has 11 heteroatoms. The normalized spacial score (nSPS) is 16.0. The van der Waals surface area contributed by atoms with Gasteiger partial charge in [-0.15, -0.1) is 0 Å². The van der Waals surface area contributed by atoms with Crippen molar-refractivity contribution in [2.45, 2.75) is 45.8 Å². The van der Waals surface area contributed by atoms with Crippen LogP contribution in [-0.4, -0.2) is 59.6 Å². The summed E-state index contributed by atoms with van der Waals surface area (Å²) >= 11 is 0. The van der Waals surface area contributed by atoms with E-state index < -0.39 is 17.7 Å². The number of nitrogens with one attached hydrogen (secondary N) is 1. The van der Waals surface area contributed by atoms with E-state index in [0.717, 1.165) is 12.6 Å². The number of amides is 1. The van der Waals surface area contributed by atoms with E-state index in [4.69, 9.17) is 0 Å². The summed E-state index contributed by atoms with van der Waals surface area (Å²) < 4.78 is 31.6. The lowest BCUT2D eigenvalue weighted by molar-refractivity contribution is 0.0473. The molecule has 9 nitrogen and oxygen atoms in total. The van der Waals surface area contributed by atoms with Gasteiger partial charge in [-0.1, -0.05) is 0 Å². The Bertz CT molecular complexity index is 1470. The average Bonchev–Trinajstić information content (AvgIpc) is 3.22. The van der Waals surface area contributed by atoms with Crippen LogP contribution in [0.5, 0.6) is 0 Å². The minimum atomic E-state index is -0.700. The van der Waals surface area contributed by atoms with Gasteiger partial charge in [-0.3, -0.25) is 4.79 Å². The molecule has 0 aliphatic carbocycles. The number of benzene rings is 1. The van der Waals surface area contributed by atoms with Gasteiger partial charge < -0.3 is 19.9 Å². The van der Waals surface area contributed by atoms with Gasteiger partial charge in [0.1, 0.15) is 22.9 Å². The van der Waals surface area contributed by atoms with E-state index in [1.165, 1.54) is 12.3 Å². The number of anilines is 2. The predicted molar refractivity (Wildman–Crippen MR) is 134 cm³/mol. The molecule has 1 aliphatic rings. The zero-order valence-electron chi connectivity index (χ0n) is 20.7. The van der Waals surface area contributed by atoms with E-state index in [0.29, 0.717) is 42.2 Å². The first-order valence-corrected chi connectivity index (χ1v) is 12.1. The van der Waals surface area contributed by atoms with Crippen LogP contribution >= 0.6 is 0 Å². The molecular formula is C26H27F2N7O2. The van der Waals surface area contributed by atoms with Crippen molar-refractivity contribution in [2.24, 2.45) is 0 Å². The lowest BCUT2D eigenvalue weighted by Gasteiger charge is -2.30. The molecule has 0 bridgehead atoms. The quantitative estimate of drug-likeness (QED) is 0.412. The Morgan fingerprint density at radius 3 is 2.65 bits per heavy atom. The van der Waals surface area contributed by atoms with E-state index in [9.17, 15) is 18.7 Å². The van der Waals surface area contributed by atoms with Gasteiger partial charge in [0.15, 0.2) is 11.6 Å². The summed E-state index contributed by atoms with van der Waals surface area (Å²) in [5.74, 6) is -0.388. The lowest BCUT2D eigenvalue weighted by atomic mass is 10.1. The zero-order valence-corrected chi connectivity index (χ0v) is 20.7. The number of likely N-dealkylation sites (tertiary alicyclic amines) is 1. The van der Waals surface area contributed by atoms with Crippen molar-refractivity contribution in [3.63, 3.8) is 0 Å². The molecule has 5 rings (SSSR count). The summed E-state index contributed by atoms with van der Waals surface area (Å²) in [6.45, 7) is 6.62. The Hall–Kier alpha value is -3.99. The molecule has 1 saturated heterocycles. The summed E-state index contributed by atoms with van der Waals surface area (Å²) in [7, 11) is 0. The van der Waals surface area contributed by atoms with Crippen molar-refractivity contribution < 1.29 is 18.7 Å². The fourth-order valence-corrected chi connectivity index (χ4v) is 4.72. The fraction of sp³-hybridized carbons (Fsp3) is 0.346. The maximum Gasteiger partial charge on any atom is 0.255 e. The highest BCUT2D eigenvalue weighted by atomic mass is 19.1. The fourth-order valence-electron chi connectivity index (χ4n) is 4.72. The number of hydrogen-bond donors (Lipinski definition) is 2. The molecule has 1 atom stereocenters. The topological polar surface area (TPSA) is 109 Å². The SMILES string of the molecule is Cc1nc2c(F)cc(-c3nc(Nc4ccc(C(=O)N5CCC[C@@H](O)C5)cn4)ncc3F)cc2n1C(C)C. The first kappa shape index (κ1) is 24.7. The van der Waals surface area contributed by atoms with E-state index in [-0.39, 0.29) is 34.7 Å². The van der Waals surface area contributed by atoms with E-state index in [1.54, 1.807) is 30.0 Å². The van der Waals surface area contributed by atoms with Crippen LogP contribution in [0.1, 0.15) is 48.9 Å². The van der Waals surface area contributed by atoms with Crippen molar-refractivity contribution in [1.82, 2.24) is 29.4 Å². The third kappa shape index (κ3) is 4.86. The zero-order chi connectivity index (χ0) is 26.3. The number of aryl methyl sites for hydroxylation is 1. The van der Waals surface area contributed by atoms with Gasteiger partial charge >= 0.3 is 0 Å². The summed E-state index contributed by atoms with van der Waals surface area (Å²) in [5, 5.41) is 12.7. The standard InChI is InChI=1S/C26H27F2N7O2/c1-14(2)35-15(3)31-24-19(27)9-17(10-21(24)35)23-20(28)12-30-26(33-23)32-22-7-6-16(11-29-22)25(37)34-8-4-5-18(36)13-34/h6-7,9-12,14,18,36H,4-5,8,13H2,1-3H3,(H,29,30,32,33)/t18-/m1/s1. The van der Waals surface area contributed by atoms with Crippen molar-refractivity contribution in [2.75, 3.05) is 18.4 Å². The number of β-amino-alcohol motifs (C(OH)–C–C–N with tert-alkyl or cyclic N) is 1. The summed E-state index contributed by atoms with van der Waals surface area (Å²) in [5.41, 5.74) is 1.36. The highest BCUT2D eigenvalue weighted by Crippen LogP contribution is 2.30. The Morgan fingerprint density at radius 1 is 1.14 bits per heavy atom. The number of halogens is 2. The van der Waals surface area contributed by atoms with Gasteiger partial charge in [0, 0.05) is 30.9 Å². The molecule has 4 heterocycles. The van der Waals surface area contributed by atoms with Crippen molar-refractivity contribution >= 4 is 28.7 Å². The minimum Gasteiger partial charge on any atom is -0.391 e. The van der Waals surface area contributed by atoms with Crippen LogP contribution in [0.2, 0.25) is 0 Å². The van der Waals surface area contributed by atoms with Crippen LogP contribution in [0.25, 0.3) is 22.3 Å². The van der Waals surface area contributed by atoms with Gasteiger partial charge in [-0.25, -0.2) is 28.7 Å². The van der Waals surface area contributed by atoms with Crippen LogP contribution in [0.4, 0.5) is 20.5 Å². The van der Waals surface area contributed by atoms with Crippen LogP contribution in [0, 0.1) is 18.6 Å². The number of aromatic nitrogens is 5. The van der Waals surface area contributed by atoms with Crippen LogP contribution < -0.4 is 5.32 Å². The molecule has 2 N–H and O–H groups in total. The molecule has 0 spiro atoms. The predicted octanol–water partition coefficient (Wildman–Crippen LogP) is 4.40. The molecule has 4 aromatic rings. The van der Waals surface area contributed by atoms with Gasteiger partial charge in [0.25, 0.3) is 5.91 Å². The molecular weight excluding hydrogens is 480 g/mol. The number of rotatable bonds is 5. The summed E-state index contributed by atoms with van der Waals surface area (Å²) in [6, 6.07) is 6.12.